The Morgan fingerprint density at radius 1 is 0.957 bits per heavy atom. The predicted octanol–water partition coefficient (Wildman–Crippen LogP) is 3.67. The van der Waals surface area contributed by atoms with Crippen LogP contribution in [0.5, 0.6) is 5.75 Å². The molecule has 0 aliphatic heterocycles. The lowest BCUT2D eigenvalue weighted by Gasteiger charge is -2.08. The molecule has 0 aliphatic carbocycles. The SMILES string of the molecule is O=Cc1cccc(OCC(=O)Nc2ccc3ccccc3c2)c1. The summed E-state index contributed by atoms with van der Waals surface area (Å²) < 4.78 is 5.40. The Balaban J connectivity index is 1.62. The quantitative estimate of drug-likeness (QED) is 0.732. The molecule has 0 atom stereocenters. The van der Waals surface area contributed by atoms with Gasteiger partial charge in [0.25, 0.3) is 5.91 Å². The van der Waals surface area contributed by atoms with Gasteiger partial charge in [-0.2, -0.15) is 0 Å². The molecule has 23 heavy (non-hydrogen) atoms. The normalized spacial score (nSPS) is 10.3. The third kappa shape index (κ3) is 3.74. The van der Waals surface area contributed by atoms with Gasteiger partial charge in [0.1, 0.15) is 12.0 Å². The number of aldehydes is 1. The summed E-state index contributed by atoms with van der Waals surface area (Å²) in [6.45, 7) is -0.116. The maximum absolute atomic E-state index is 12.0. The first kappa shape index (κ1) is 14.8. The minimum absolute atomic E-state index is 0.116. The van der Waals surface area contributed by atoms with Crippen molar-refractivity contribution in [1.29, 1.82) is 0 Å². The van der Waals surface area contributed by atoms with Crippen LogP contribution in [0.4, 0.5) is 5.69 Å². The van der Waals surface area contributed by atoms with Crippen LogP contribution in [0.15, 0.2) is 66.7 Å². The Bertz CT molecular complexity index is 858. The third-order valence-corrected chi connectivity index (χ3v) is 3.40. The van der Waals surface area contributed by atoms with Crippen LogP contribution in [-0.4, -0.2) is 18.8 Å². The van der Waals surface area contributed by atoms with Gasteiger partial charge in [-0.25, -0.2) is 0 Å². The largest absolute Gasteiger partial charge is 0.484 e. The Morgan fingerprint density at radius 3 is 2.61 bits per heavy atom. The molecule has 0 heterocycles. The number of anilines is 1. The summed E-state index contributed by atoms with van der Waals surface area (Å²) >= 11 is 0. The lowest BCUT2D eigenvalue weighted by Crippen LogP contribution is -2.20. The molecule has 1 amide bonds. The number of ether oxygens (including phenoxy) is 1. The van der Waals surface area contributed by atoms with Gasteiger partial charge in [0, 0.05) is 11.3 Å². The molecule has 0 spiro atoms. The summed E-state index contributed by atoms with van der Waals surface area (Å²) in [5.41, 5.74) is 1.23. The van der Waals surface area contributed by atoms with E-state index in [9.17, 15) is 9.59 Å². The number of amides is 1. The first-order valence-corrected chi connectivity index (χ1v) is 7.21. The molecule has 0 saturated heterocycles. The first-order valence-electron chi connectivity index (χ1n) is 7.21. The molecule has 0 unspecified atom stereocenters. The summed E-state index contributed by atoms with van der Waals surface area (Å²) in [5.74, 6) is 0.236. The number of benzene rings is 3. The Hall–Kier alpha value is -3.14. The molecule has 3 rings (SSSR count). The Labute approximate surface area is 133 Å². The lowest BCUT2D eigenvalue weighted by molar-refractivity contribution is -0.118. The van der Waals surface area contributed by atoms with E-state index in [4.69, 9.17) is 4.74 Å². The number of nitrogens with one attached hydrogen (secondary N) is 1. The fourth-order valence-electron chi connectivity index (χ4n) is 2.29. The number of hydrogen-bond acceptors (Lipinski definition) is 3. The Morgan fingerprint density at radius 2 is 1.78 bits per heavy atom. The van der Waals surface area contributed by atoms with E-state index in [0.29, 0.717) is 11.3 Å². The molecule has 1 N–H and O–H groups in total. The second-order valence-corrected chi connectivity index (χ2v) is 5.09. The smallest absolute Gasteiger partial charge is 0.262 e. The van der Waals surface area contributed by atoms with Crippen LogP contribution >= 0.6 is 0 Å². The summed E-state index contributed by atoms with van der Waals surface area (Å²) in [6.07, 6.45) is 0.738. The van der Waals surface area contributed by atoms with E-state index in [2.05, 4.69) is 5.32 Å². The number of rotatable bonds is 5. The van der Waals surface area contributed by atoms with Gasteiger partial charge in [-0.1, -0.05) is 42.5 Å². The summed E-state index contributed by atoms with van der Waals surface area (Å²) in [7, 11) is 0. The van der Waals surface area contributed by atoms with Crippen molar-refractivity contribution in [2.75, 3.05) is 11.9 Å². The molecule has 114 valence electrons. The van der Waals surface area contributed by atoms with Crippen molar-refractivity contribution < 1.29 is 14.3 Å². The van der Waals surface area contributed by atoms with Gasteiger partial charge < -0.3 is 10.1 Å². The molecule has 3 aromatic carbocycles. The fraction of sp³-hybridized carbons (Fsp3) is 0.0526. The van der Waals surface area contributed by atoms with Gasteiger partial charge in [0.05, 0.1) is 0 Å². The van der Waals surface area contributed by atoms with Crippen molar-refractivity contribution in [2.24, 2.45) is 0 Å². The predicted molar refractivity (Wildman–Crippen MR) is 89.9 cm³/mol. The average Bonchev–Trinajstić information content (AvgIpc) is 2.60. The number of carbonyl (C=O) groups excluding carboxylic acids is 2. The van der Waals surface area contributed by atoms with Crippen LogP contribution in [0.2, 0.25) is 0 Å². The van der Waals surface area contributed by atoms with Crippen LogP contribution in [-0.2, 0) is 4.79 Å². The van der Waals surface area contributed by atoms with E-state index in [-0.39, 0.29) is 12.5 Å². The van der Waals surface area contributed by atoms with E-state index in [0.717, 1.165) is 22.7 Å². The second kappa shape index (κ2) is 6.75. The second-order valence-electron chi connectivity index (χ2n) is 5.09. The summed E-state index contributed by atoms with van der Waals surface area (Å²) in [4.78, 5) is 22.7. The number of carbonyl (C=O) groups is 2. The molecule has 0 saturated carbocycles. The zero-order valence-corrected chi connectivity index (χ0v) is 12.4. The number of hydrogen-bond donors (Lipinski definition) is 1. The molecule has 0 aliphatic rings. The van der Waals surface area contributed by atoms with E-state index >= 15 is 0 Å². The van der Waals surface area contributed by atoms with E-state index in [1.165, 1.54) is 0 Å². The van der Waals surface area contributed by atoms with Gasteiger partial charge in [-0.05, 0) is 35.0 Å². The molecule has 4 heteroatoms. The van der Waals surface area contributed by atoms with Gasteiger partial charge in [0.2, 0.25) is 0 Å². The molecule has 0 radical (unpaired) electrons. The van der Waals surface area contributed by atoms with E-state index in [1.807, 2.05) is 42.5 Å². The molecule has 3 aromatic rings. The van der Waals surface area contributed by atoms with Gasteiger partial charge in [-0.3, -0.25) is 9.59 Å². The maximum atomic E-state index is 12.0. The maximum Gasteiger partial charge on any atom is 0.262 e. The van der Waals surface area contributed by atoms with Crippen molar-refractivity contribution in [3.8, 4) is 5.75 Å². The molecule has 4 nitrogen and oxygen atoms in total. The monoisotopic (exact) mass is 305 g/mol. The zero-order valence-electron chi connectivity index (χ0n) is 12.4. The highest BCUT2D eigenvalue weighted by atomic mass is 16.5. The molecule has 0 fully saturated rings. The van der Waals surface area contributed by atoms with Crippen molar-refractivity contribution in [3.05, 3.63) is 72.3 Å². The van der Waals surface area contributed by atoms with E-state index in [1.54, 1.807) is 24.3 Å². The summed E-state index contributed by atoms with van der Waals surface area (Å²) in [6, 6.07) is 20.4. The van der Waals surface area contributed by atoms with Gasteiger partial charge in [-0.15, -0.1) is 0 Å². The molecular formula is C19H15NO3. The van der Waals surface area contributed by atoms with Crippen molar-refractivity contribution in [1.82, 2.24) is 0 Å². The highest BCUT2D eigenvalue weighted by Crippen LogP contribution is 2.19. The van der Waals surface area contributed by atoms with Crippen molar-refractivity contribution >= 4 is 28.7 Å². The molecule has 0 bridgehead atoms. The van der Waals surface area contributed by atoms with Gasteiger partial charge in [0.15, 0.2) is 6.61 Å². The van der Waals surface area contributed by atoms with Crippen LogP contribution in [0, 0.1) is 0 Å². The van der Waals surface area contributed by atoms with E-state index < -0.39 is 0 Å². The highest BCUT2D eigenvalue weighted by Gasteiger charge is 2.05. The van der Waals surface area contributed by atoms with Crippen LogP contribution in [0.1, 0.15) is 10.4 Å². The summed E-state index contributed by atoms with van der Waals surface area (Å²) in [5, 5.41) is 4.98. The van der Waals surface area contributed by atoms with Crippen LogP contribution < -0.4 is 10.1 Å². The lowest BCUT2D eigenvalue weighted by atomic mass is 10.1. The van der Waals surface area contributed by atoms with Gasteiger partial charge >= 0.3 is 0 Å². The Kier molecular flexibility index (Phi) is 4.34. The van der Waals surface area contributed by atoms with Crippen LogP contribution in [0.25, 0.3) is 10.8 Å². The van der Waals surface area contributed by atoms with Crippen LogP contribution in [0.3, 0.4) is 0 Å². The van der Waals surface area contributed by atoms with Crippen molar-refractivity contribution in [2.45, 2.75) is 0 Å². The standard InChI is InChI=1S/C19H15NO3/c21-12-14-4-3-7-18(10-14)23-13-19(22)20-17-9-8-15-5-1-2-6-16(15)11-17/h1-12H,13H2,(H,20,22). The number of fused-ring (bicyclic) bond motifs is 1. The first-order chi connectivity index (χ1) is 11.2. The van der Waals surface area contributed by atoms with Crippen molar-refractivity contribution in [3.63, 3.8) is 0 Å². The topological polar surface area (TPSA) is 55.4 Å². The highest BCUT2D eigenvalue weighted by molar-refractivity contribution is 5.95. The third-order valence-electron chi connectivity index (χ3n) is 3.40. The fourth-order valence-corrected chi connectivity index (χ4v) is 2.29. The average molecular weight is 305 g/mol. The molecule has 0 aromatic heterocycles. The molecular weight excluding hydrogens is 290 g/mol. The zero-order chi connectivity index (χ0) is 16.1. The minimum Gasteiger partial charge on any atom is -0.484 e. The minimum atomic E-state index is -0.253.